The number of benzene rings is 2. The summed E-state index contributed by atoms with van der Waals surface area (Å²) in [7, 11) is 0. The first-order valence-electron chi connectivity index (χ1n) is 8.74. The number of thiocarbonyl (C=S) groups is 1. The monoisotopic (exact) mass is 446 g/mol. The van der Waals surface area contributed by atoms with E-state index < -0.39 is 10.9 Å². The van der Waals surface area contributed by atoms with Crippen LogP contribution in [0.3, 0.4) is 0 Å². The molecule has 3 rings (SSSR count). The van der Waals surface area contributed by atoms with E-state index in [1.165, 1.54) is 35.2 Å². The number of halogens is 1. The largest absolute Gasteiger partial charge is 0.460 e. The summed E-state index contributed by atoms with van der Waals surface area (Å²) in [6.07, 6.45) is 1.49. The first-order valence-corrected chi connectivity index (χ1v) is 9.96. The lowest BCUT2D eigenvalue weighted by molar-refractivity contribution is -0.385. The number of carbonyl (C=O) groups is 2. The highest BCUT2D eigenvalue weighted by Crippen LogP contribution is 2.32. The van der Waals surface area contributed by atoms with Gasteiger partial charge in [0.25, 0.3) is 11.6 Å². The highest BCUT2D eigenvalue weighted by Gasteiger charge is 2.32. The van der Waals surface area contributed by atoms with Gasteiger partial charge in [-0.15, -0.1) is 0 Å². The summed E-state index contributed by atoms with van der Waals surface area (Å²) in [6.45, 7) is -0.208. The van der Waals surface area contributed by atoms with Gasteiger partial charge in [0.2, 0.25) is 0 Å². The lowest BCUT2D eigenvalue weighted by Gasteiger charge is -2.13. The minimum Gasteiger partial charge on any atom is -0.460 e. The van der Waals surface area contributed by atoms with Crippen LogP contribution in [0.25, 0.3) is 6.08 Å². The van der Waals surface area contributed by atoms with Gasteiger partial charge in [-0.2, -0.15) is 0 Å². The molecule has 0 aliphatic carbocycles. The van der Waals surface area contributed by atoms with Crippen molar-refractivity contribution in [1.29, 1.82) is 0 Å². The zero-order valence-corrected chi connectivity index (χ0v) is 17.1. The Morgan fingerprint density at radius 2 is 1.93 bits per heavy atom. The van der Waals surface area contributed by atoms with Crippen LogP contribution in [0.4, 0.5) is 10.1 Å². The van der Waals surface area contributed by atoms with Crippen molar-refractivity contribution in [3.05, 3.63) is 80.5 Å². The van der Waals surface area contributed by atoms with Crippen LogP contribution >= 0.6 is 24.0 Å². The summed E-state index contributed by atoms with van der Waals surface area (Å²) < 4.78 is 18.4. The predicted octanol–water partition coefficient (Wildman–Crippen LogP) is 4.07. The van der Waals surface area contributed by atoms with Gasteiger partial charge >= 0.3 is 5.97 Å². The fraction of sp³-hybridized carbons (Fsp3) is 0.150. The SMILES string of the molecule is O=C(CCN1C(=O)/C(=C\c2ccc(F)cc2)SC1=S)OCc1ccccc1[N+](=O)[O-]. The van der Waals surface area contributed by atoms with Crippen molar-refractivity contribution in [2.24, 2.45) is 0 Å². The van der Waals surface area contributed by atoms with Crippen LogP contribution in [-0.4, -0.2) is 32.6 Å². The fourth-order valence-corrected chi connectivity index (χ4v) is 3.96. The number of nitro groups is 1. The molecule has 1 aliphatic heterocycles. The van der Waals surface area contributed by atoms with Crippen molar-refractivity contribution < 1.29 is 23.6 Å². The number of hydrogen-bond donors (Lipinski definition) is 0. The summed E-state index contributed by atoms with van der Waals surface area (Å²) in [4.78, 5) is 36.7. The van der Waals surface area contributed by atoms with Crippen LogP contribution in [0, 0.1) is 15.9 Å². The van der Waals surface area contributed by atoms with Crippen molar-refractivity contribution >= 4 is 51.9 Å². The third kappa shape index (κ3) is 5.28. The van der Waals surface area contributed by atoms with Crippen molar-refractivity contribution in [3.8, 4) is 0 Å². The molecule has 0 spiro atoms. The summed E-state index contributed by atoms with van der Waals surface area (Å²) in [5.41, 5.74) is 0.803. The van der Waals surface area contributed by atoms with E-state index in [9.17, 15) is 24.1 Å². The minimum atomic E-state index is -0.607. The van der Waals surface area contributed by atoms with Crippen LogP contribution < -0.4 is 0 Å². The van der Waals surface area contributed by atoms with Crippen LogP contribution in [-0.2, 0) is 20.9 Å². The first-order chi connectivity index (χ1) is 14.3. The molecular weight excluding hydrogens is 431 g/mol. The number of esters is 1. The first kappa shape index (κ1) is 21.6. The van der Waals surface area contributed by atoms with Crippen LogP contribution in [0.5, 0.6) is 0 Å². The standard InChI is InChI=1S/C20H15FN2O5S2/c21-15-7-5-13(6-8-15)11-17-19(25)22(20(29)30-17)10-9-18(24)28-12-14-3-1-2-4-16(14)23(26)27/h1-8,11H,9-10,12H2/b17-11+. The average molecular weight is 446 g/mol. The van der Waals surface area contributed by atoms with E-state index in [0.29, 0.717) is 14.8 Å². The maximum atomic E-state index is 13.0. The Bertz CT molecular complexity index is 1040. The molecule has 154 valence electrons. The molecule has 1 aliphatic rings. The summed E-state index contributed by atoms with van der Waals surface area (Å²) in [5, 5.41) is 11.0. The van der Waals surface area contributed by atoms with Gasteiger partial charge in [0.05, 0.1) is 21.8 Å². The smallest absolute Gasteiger partial charge is 0.307 e. The number of para-hydroxylation sites is 1. The molecule has 0 atom stereocenters. The van der Waals surface area contributed by atoms with E-state index >= 15 is 0 Å². The Hall–Kier alpha value is -3.11. The number of carbonyl (C=O) groups excluding carboxylic acids is 2. The summed E-state index contributed by atoms with van der Waals surface area (Å²) in [5.74, 6) is -1.33. The molecule has 2 aromatic carbocycles. The Balaban J connectivity index is 1.56. The van der Waals surface area contributed by atoms with Crippen molar-refractivity contribution in [2.75, 3.05) is 6.54 Å². The second-order valence-corrected chi connectivity index (χ2v) is 7.86. The molecular formula is C20H15FN2O5S2. The molecule has 1 fully saturated rings. The summed E-state index contributed by atoms with van der Waals surface area (Å²) in [6, 6.07) is 11.6. The Morgan fingerprint density at radius 3 is 2.63 bits per heavy atom. The molecule has 1 saturated heterocycles. The molecule has 0 radical (unpaired) electrons. The lowest BCUT2D eigenvalue weighted by atomic mass is 10.2. The molecule has 0 saturated carbocycles. The Kier molecular flexibility index (Phi) is 6.91. The molecule has 30 heavy (non-hydrogen) atoms. The Morgan fingerprint density at radius 1 is 1.23 bits per heavy atom. The summed E-state index contributed by atoms with van der Waals surface area (Å²) >= 11 is 6.31. The van der Waals surface area contributed by atoms with Gasteiger partial charge in [-0.1, -0.05) is 48.2 Å². The third-order valence-electron chi connectivity index (χ3n) is 4.16. The van der Waals surface area contributed by atoms with Crippen molar-refractivity contribution in [1.82, 2.24) is 4.90 Å². The molecule has 1 amide bonds. The number of thioether (sulfide) groups is 1. The predicted molar refractivity (Wildman–Crippen MR) is 114 cm³/mol. The lowest BCUT2D eigenvalue weighted by Crippen LogP contribution is -2.30. The molecule has 0 aromatic heterocycles. The maximum Gasteiger partial charge on any atom is 0.307 e. The topological polar surface area (TPSA) is 89.8 Å². The quantitative estimate of drug-likeness (QED) is 0.208. The van der Waals surface area contributed by atoms with Crippen molar-refractivity contribution in [3.63, 3.8) is 0 Å². The van der Waals surface area contributed by atoms with Crippen LogP contribution in [0.1, 0.15) is 17.5 Å². The van der Waals surface area contributed by atoms with Crippen LogP contribution in [0.2, 0.25) is 0 Å². The second kappa shape index (κ2) is 9.59. The van der Waals surface area contributed by atoms with Gasteiger partial charge in [-0.05, 0) is 29.8 Å². The average Bonchev–Trinajstić information content (AvgIpc) is 2.99. The highest BCUT2D eigenvalue weighted by atomic mass is 32.2. The van der Waals surface area contributed by atoms with Gasteiger partial charge in [-0.3, -0.25) is 24.6 Å². The van der Waals surface area contributed by atoms with Crippen molar-refractivity contribution in [2.45, 2.75) is 13.0 Å². The number of amides is 1. The number of rotatable bonds is 7. The highest BCUT2D eigenvalue weighted by molar-refractivity contribution is 8.26. The maximum absolute atomic E-state index is 13.0. The molecule has 0 bridgehead atoms. The van der Waals surface area contributed by atoms with Gasteiger partial charge in [-0.25, -0.2) is 4.39 Å². The number of nitro benzene ring substituents is 1. The fourth-order valence-electron chi connectivity index (χ4n) is 2.65. The molecule has 10 heteroatoms. The van der Waals surface area contributed by atoms with E-state index in [4.69, 9.17) is 17.0 Å². The van der Waals surface area contributed by atoms with Gasteiger partial charge < -0.3 is 4.74 Å². The molecule has 0 unspecified atom stereocenters. The molecule has 2 aromatic rings. The van der Waals surface area contributed by atoms with Gasteiger partial charge in [0.15, 0.2) is 0 Å². The van der Waals surface area contributed by atoms with E-state index in [1.807, 2.05) is 0 Å². The zero-order chi connectivity index (χ0) is 21.7. The number of nitrogens with zero attached hydrogens (tertiary/aromatic N) is 2. The van der Waals surface area contributed by atoms with E-state index in [-0.39, 0.29) is 42.5 Å². The Labute approximate surface area is 180 Å². The molecule has 0 N–H and O–H groups in total. The third-order valence-corrected chi connectivity index (χ3v) is 5.54. The van der Waals surface area contributed by atoms with E-state index in [2.05, 4.69) is 0 Å². The van der Waals surface area contributed by atoms with E-state index in [0.717, 1.165) is 11.8 Å². The minimum absolute atomic E-state index is 0.0289. The van der Waals surface area contributed by atoms with Gasteiger partial charge in [0.1, 0.15) is 16.7 Å². The zero-order valence-electron chi connectivity index (χ0n) is 15.4. The molecule has 1 heterocycles. The van der Waals surface area contributed by atoms with E-state index in [1.54, 1.807) is 24.3 Å². The van der Waals surface area contributed by atoms with Gasteiger partial charge in [0, 0.05) is 12.6 Å². The second-order valence-electron chi connectivity index (χ2n) is 6.18. The normalized spacial score (nSPS) is 15.0. The number of hydrogen-bond acceptors (Lipinski definition) is 7. The molecule has 7 nitrogen and oxygen atoms in total. The number of ether oxygens (including phenoxy) is 1. The van der Waals surface area contributed by atoms with Crippen LogP contribution in [0.15, 0.2) is 53.4 Å².